The van der Waals surface area contributed by atoms with Crippen LogP contribution in [0.2, 0.25) is 0 Å². The van der Waals surface area contributed by atoms with Crippen LogP contribution in [0.4, 0.5) is 5.69 Å². The van der Waals surface area contributed by atoms with Gasteiger partial charge in [-0.15, -0.1) is 24.0 Å². The average molecular weight is 473 g/mol. The van der Waals surface area contributed by atoms with E-state index in [-0.39, 0.29) is 24.0 Å². The second-order valence-corrected chi connectivity index (χ2v) is 6.83. The lowest BCUT2D eigenvalue weighted by molar-refractivity contribution is 0.397. The predicted molar refractivity (Wildman–Crippen MR) is 124 cm³/mol. The van der Waals surface area contributed by atoms with Crippen molar-refractivity contribution in [3.63, 3.8) is 0 Å². The minimum Gasteiger partial charge on any atom is -0.372 e. The van der Waals surface area contributed by atoms with Gasteiger partial charge in [0.1, 0.15) is 0 Å². The van der Waals surface area contributed by atoms with E-state index in [1.165, 1.54) is 25.2 Å². The molecule has 0 saturated carbocycles. The molecule has 6 heteroatoms. The van der Waals surface area contributed by atoms with Crippen molar-refractivity contribution in [2.45, 2.75) is 26.7 Å². The third-order valence-corrected chi connectivity index (χ3v) is 4.74. The van der Waals surface area contributed by atoms with Crippen molar-refractivity contribution in [2.75, 3.05) is 57.8 Å². The SMILES string of the molecule is CCNC(=NCC1CCN(C)C1)NCCCN(CC)c1ccccc1.I. The molecule has 0 bridgehead atoms. The number of benzene rings is 1. The summed E-state index contributed by atoms with van der Waals surface area (Å²) in [4.78, 5) is 9.59. The Hall–Kier alpha value is -1.02. The fourth-order valence-corrected chi connectivity index (χ4v) is 3.32. The van der Waals surface area contributed by atoms with Crippen LogP contribution in [0.25, 0.3) is 0 Å². The Labute approximate surface area is 176 Å². The topological polar surface area (TPSA) is 42.9 Å². The molecule has 1 aliphatic heterocycles. The Morgan fingerprint density at radius 1 is 1.23 bits per heavy atom. The Bertz CT molecular complexity index is 508. The number of likely N-dealkylation sites (tertiary alicyclic amines) is 1. The largest absolute Gasteiger partial charge is 0.372 e. The second-order valence-electron chi connectivity index (χ2n) is 6.83. The first-order valence-corrected chi connectivity index (χ1v) is 9.73. The van der Waals surface area contributed by atoms with E-state index < -0.39 is 0 Å². The molecular weight excluding hydrogens is 437 g/mol. The number of guanidine groups is 1. The number of rotatable bonds is 9. The highest BCUT2D eigenvalue weighted by Gasteiger charge is 2.18. The van der Waals surface area contributed by atoms with Gasteiger partial charge in [-0.1, -0.05) is 18.2 Å². The molecule has 5 nitrogen and oxygen atoms in total. The molecule has 1 heterocycles. The van der Waals surface area contributed by atoms with E-state index in [9.17, 15) is 0 Å². The van der Waals surface area contributed by atoms with Gasteiger partial charge >= 0.3 is 0 Å². The van der Waals surface area contributed by atoms with E-state index in [0.29, 0.717) is 5.92 Å². The van der Waals surface area contributed by atoms with Crippen LogP contribution in [-0.2, 0) is 0 Å². The zero-order chi connectivity index (χ0) is 17.9. The van der Waals surface area contributed by atoms with Crippen LogP contribution < -0.4 is 15.5 Å². The maximum Gasteiger partial charge on any atom is 0.191 e. The van der Waals surface area contributed by atoms with Gasteiger partial charge in [0.15, 0.2) is 5.96 Å². The fourth-order valence-electron chi connectivity index (χ4n) is 3.32. The van der Waals surface area contributed by atoms with Gasteiger partial charge in [0, 0.05) is 45.0 Å². The fraction of sp³-hybridized carbons (Fsp3) is 0.650. The normalized spacial score (nSPS) is 17.7. The Morgan fingerprint density at radius 3 is 2.62 bits per heavy atom. The maximum absolute atomic E-state index is 4.78. The molecule has 0 radical (unpaired) electrons. The quantitative estimate of drug-likeness (QED) is 0.251. The van der Waals surface area contributed by atoms with Crippen molar-refractivity contribution >= 4 is 35.6 Å². The van der Waals surface area contributed by atoms with Crippen LogP contribution in [0.15, 0.2) is 35.3 Å². The van der Waals surface area contributed by atoms with Gasteiger partial charge in [0.2, 0.25) is 0 Å². The van der Waals surface area contributed by atoms with Gasteiger partial charge in [0.05, 0.1) is 0 Å². The number of hydrogen-bond acceptors (Lipinski definition) is 3. The summed E-state index contributed by atoms with van der Waals surface area (Å²) in [7, 11) is 2.19. The van der Waals surface area contributed by atoms with Gasteiger partial charge in [-0.2, -0.15) is 0 Å². The van der Waals surface area contributed by atoms with Crippen LogP contribution >= 0.6 is 24.0 Å². The van der Waals surface area contributed by atoms with Crippen molar-refractivity contribution < 1.29 is 0 Å². The summed E-state index contributed by atoms with van der Waals surface area (Å²) in [5, 5.41) is 6.85. The zero-order valence-corrected chi connectivity index (χ0v) is 18.9. The molecule has 1 aliphatic rings. The van der Waals surface area contributed by atoms with Gasteiger partial charge in [0.25, 0.3) is 0 Å². The number of nitrogens with zero attached hydrogens (tertiary/aromatic N) is 3. The first-order chi connectivity index (χ1) is 12.2. The summed E-state index contributed by atoms with van der Waals surface area (Å²) in [6.07, 6.45) is 2.36. The van der Waals surface area contributed by atoms with E-state index in [0.717, 1.165) is 45.1 Å². The minimum absolute atomic E-state index is 0. The molecule has 26 heavy (non-hydrogen) atoms. The van der Waals surface area contributed by atoms with Crippen molar-refractivity contribution in [1.29, 1.82) is 0 Å². The van der Waals surface area contributed by atoms with Crippen LogP contribution in [0.1, 0.15) is 26.7 Å². The molecule has 1 saturated heterocycles. The van der Waals surface area contributed by atoms with Crippen LogP contribution in [-0.4, -0.2) is 63.7 Å². The van der Waals surface area contributed by atoms with E-state index in [1.54, 1.807) is 0 Å². The Kier molecular flexibility index (Phi) is 11.7. The van der Waals surface area contributed by atoms with E-state index in [1.807, 2.05) is 0 Å². The smallest absolute Gasteiger partial charge is 0.191 e. The molecule has 0 amide bonds. The molecule has 1 aromatic rings. The van der Waals surface area contributed by atoms with Crippen LogP contribution in [0, 0.1) is 5.92 Å². The molecule has 1 unspecified atom stereocenters. The lowest BCUT2D eigenvalue weighted by atomic mass is 10.1. The Balaban J connectivity index is 0.00000338. The minimum atomic E-state index is 0. The second kappa shape index (κ2) is 13.2. The highest BCUT2D eigenvalue weighted by atomic mass is 127. The standard InChI is InChI=1S/C20H35N5.HI/c1-4-21-20(23-16-18-12-15-24(3)17-18)22-13-9-14-25(5-2)19-10-7-6-8-11-19;/h6-8,10-11,18H,4-5,9,12-17H2,1-3H3,(H2,21,22,23);1H. The summed E-state index contributed by atoms with van der Waals surface area (Å²) in [6, 6.07) is 10.6. The number of anilines is 1. The van der Waals surface area contributed by atoms with Crippen molar-refractivity contribution in [3.05, 3.63) is 30.3 Å². The third-order valence-electron chi connectivity index (χ3n) is 4.74. The molecule has 0 aliphatic carbocycles. The van der Waals surface area contributed by atoms with Gasteiger partial charge in [-0.3, -0.25) is 4.99 Å². The average Bonchev–Trinajstić information content (AvgIpc) is 3.05. The van der Waals surface area contributed by atoms with Gasteiger partial charge < -0.3 is 20.4 Å². The predicted octanol–water partition coefficient (Wildman–Crippen LogP) is 3.03. The molecule has 2 rings (SSSR count). The highest BCUT2D eigenvalue weighted by Crippen LogP contribution is 2.14. The molecular formula is C20H36IN5. The number of aliphatic imine (C=N–C) groups is 1. The first-order valence-electron chi connectivity index (χ1n) is 9.73. The molecule has 148 valence electrons. The summed E-state index contributed by atoms with van der Waals surface area (Å²) < 4.78 is 0. The lowest BCUT2D eigenvalue weighted by Gasteiger charge is -2.23. The zero-order valence-electron chi connectivity index (χ0n) is 16.6. The summed E-state index contributed by atoms with van der Waals surface area (Å²) >= 11 is 0. The number of hydrogen-bond donors (Lipinski definition) is 2. The van der Waals surface area contributed by atoms with Crippen molar-refractivity contribution in [2.24, 2.45) is 10.9 Å². The molecule has 2 N–H and O–H groups in total. The van der Waals surface area contributed by atoms with Gasteiger partial charge in [-0.05, 0) is 58.3 Å². The van der Waals surface area contributed by atoms with Crippen LogP contribution in [0.5, 0.6) is 0 Å². The molecule has 1 atom stereocenters. The van der Waals surface area contributed by atoms with E-state index in [2.05, 4.69) is 71.7 Å². The molecule has 0 spiro atoms. The van der Waals surface area contributed by atoms with E-state index in [4.69, 9.17) is 4.99 Å². The number of halogens is 1. The lowest BCUT2D eigenvalue weighted by Crippen LogP contribution is -2.39. The van der Waals surface area contributed by atoms with Crippen LogP contribution in [0.3, 0.4) is 0 Å². The monoisotopic (exact) mass is 473 g/mol. The molecule has 0 aromatic heterocycles. The summed E-state index contributed by atoms with van der Waals surface area (Å²) in [6.45, 7) is 11.6. The number of nitrogens with one attached hydrogen (secondary N) is 2. The van der Waals surface area contributed by atoms with Gasteiger partial charge in [-0.25, -0.2) is 0 Å². The molecule has 1 aromatic carbocycles. The van der Waals surface area contributed by atoms with Crippen molar-refractivity contribution in [1.82, 2.24) is 15.5 Å². The summed E-state index contributed by atoms with van der Waals surface area (Å²) in [5.41, 5.74) is 1.30. The van der Waals surface area contributed by atoms with Crippen molar-refractivity contribution in [3.8, 4) is 0 Å². The first kappa shape index (κ1) is 23.0. The highest BCUT2D eigenvalue weighted by molar-refractivity contribution is 14.0. The third kappa shape index (κ3) is 8.12. The number of para-hydroxylation sites is 1. The molecule has 1 fully saturated rings. The Morgan fingerprint density at radius 2 is 2.00 bits per heavy atom. The van der Waals surface area contributed by atoms with E-state index >= 15 is 0 Å². The maximum atomic E-state index is 4.78. The summed E-state index contributed by atoms with van der Waals surface area (Å²) in [5.74, 6) is 1.66.